The molecule has 0 aliphatic heterocycles. The van der Waals surface area contributed by atoms with Crippen molar-refractivity contribution in [2.45, 2.75) is 12.5 Å². The van der Waals surface area contributed by atoms with Crippen LogP contribution in [0.2, 0.25) is 0 Å². The summed E-state index contributed by atoms with van der Waals surface area (Å²) in [6.07, 6.45) is 3.13. The zero-order chi connectivity index (χ0) is 14.5. The number of halogens is 2. The van der Waals surface area contributed by atoms with Gasteiger partial charge in [0, 0.05) is 18.0 Å². The van der Waals surface area contributed by atoms with Gasteiger partial charge in [0.15, 0.2) is 0 Å². The van der Waals surface area contributed by atoms with Gasteiger partial charge >= 0.3 is 0 Å². The molecule has 4 nitrogen and oxygen atoms in total. The van der Waals surface area contributed by atoms with E-state index in [0.717, 1.165) is 0 Å². The van der Waals surface area contributed by atoms with Crippen molar-refractivity contribution in [1.29, 1.82) is 0 Å². The Kier molecular flexibility index (Phi) is 4.57. The maximum atomic E-state index is 13.7. The minimum Gasteiger partial charge on any atom is -0.480 e. The normalized spacial score (nSPS) is 12.2. The molecule has 0 saturated carbocycles. The number of hydrogen-bond donors (Lipinski definition) is 1. The quantitative estimate of drug-likeness (QED) is 0.912. The number of nitrogens with one attached hydrogen (secondary N) is 1. The van der Waals surface area contributed by atoms with Crippen molar-refractivity contribution < 1.29 is 13.5 Å². The minimum absolute atomic E-state index is 0.0135. The standard InChI is InChI=1S/C14H15F2N3O/c1-17-12(13-14(20-2)19-7-6-18-13)8-9-10(15)4-3-5-11(9)16/h3-7,12,17H,8H2,1-2H3. The lowest BCUT2D eigenvalue weighted by Crippen LogP contribution is -2.22. The molecule has 0 aliphatic rings. The van der Waals surface area contributed by atoms with Crippen molar-refractivity contribution in [1.82, 2.24) is 15.3 Å². The van der Waals surface area contributed by atoms with Gasteiger partial charge in [-0.1, -0.05) is 6.07 Å². The molecule has 2 aromatic rings. The van der Waals surface area contributed by atoms with E-state index in [1.165, 1.54) is 37.7 Å². The van der Waals surface area contributed by atoms with Gasteiger partial charge in [-0.05, 0) is 25.6 Å². The van der Waals surface area contributed by atoms with Gasteiger partial charge in [0.1, 0.15) is 17.3 Å². The largest absolute Gasteiger partial charge is 0.480 e. The van der Waals surface area contributed by atoms with Crippen LogP contribution in [0.1, 0.15) is 17.3 Å². The summed E-state index contributed by atoms with van der Waals surface area (Å²) >= 11 is 0. The molecule has 0 radical (unpaired) electrons. The van der Waals surface area contributed by atoms with Gasteiger partial charge in [-0.2, -0.15) is 0 Å². The molecule has 0 amide bonds. The smallest absolute Gasteiger partial charge is 0.237 e. The maximum Gasteiger partial charge on any atom is 0.237 e. The van der Waals surface area contributed by atoms with Crippen LogP contribution in [0.15, 0.2) is 30.6 Å². The van der Waals surface area contributed by atoms with Crippen LogP contribution in [0, 0.1) is 11.6 Å². The second-order valence-electron chi connectivity index (χ2n) is 4.20. The molecule has 1 heterocycles. The number of methoxy groups -OCH3 is 1. The summed E-state index contributed by atoms with van der Waals surface area (Å²) in [5, 5.41) is 2.98. The van der Waals surface area contributed by atoms with E-state index in [0.29, 0.717) is 11.6 Å². The topological polar surface area (TPSA) is 47.0 Å². The molecular formula is C14H15F2N3O. The van der Waals surface area contributed by atoms with Crippen molar-refractivity contribution in [3.05, 3.63) is 53.5 Å². The molecule has 0 fully saturated rings. The molecule has 1 unspecified atom stereocenters. The average Bonchev–Trinajstić information content (AvgIpc) is 2.47. The molecule has 106 valence electrons. The molecule has 6 heteroatoms. The zero-order valence-corrected chi connectivity index (χ0v) is 11.2. The number of ether oxygens (including phenoxy) is 1. The van der Waals surface area contributed by atoms with E-state index >= 15 is 0 Å². The fraction of sp³-hybridized carbons (Fsp3) is 0.286. The molecule has 1 aromatic carbocycles. The highest BCUT2D eigenvalue weighted by atomic mass is 19.1. The van der Waals surface area contributed by atoms with Gasteiger partial charge < -0.3 is 10.1 Å². The van der Waals surface area contributed by atoms with Crippen molar-refractivity contribution >= 4 is 0 Å². The summed E-state index contributed by atoms with van der Waals surface area (Å²) in [7, 11) is 3.17. The summed E-state index contributed by atoms with van der Waals surface area (Å²) in [5.74, 6) is -0.815. The Morgan fingerprint density at radius 3 is 2.45 bits per heavy atom. The predicted octanol–water partition coefficient (Wildman–Crippen LogP) is 2.27. The number of nitrogens with zero attached hydrogens (tertiary/aromatic N) is 2. The molecule has 1 N–H and O–H groups in total. The highest BCUT2D eigenvalue weighted by Gasteiger charge is 2.20. The van der Waals surface area contributed by atoms with Crippen molar-refractivity contribution in [2.24, 2.45) is 0 Å². The first kappa shape index (κ1) is 14.3. The van der Waals surface area contributed by atoms with Gasteiger partial charge in [0.2, 0.25) is 5.88 Å². The van der Waals surface area contributed by atoms with Gasteiger partial charge in [-0.15, -0.1) is 0 Å². The molecule has 0 aliphatic carbocycles. The maximum absolute atomic E-state index is 13.7. The lowest BCUT2D eigenvalue weighted by molar-refractivity contribution is 0.378. The molecule has 0 bridgehead atoms. The first-order valence-electron chi connectivity index (χ1n) is 6.12. The average molecular weight is 279 g/mol. The number of hydrogen-bond acceptors (Lipinski definition) is 4. The van der Waals surface area contributed by atoms with Crippen molar-refractivity contribution in [3.8, 4) is 5.88 Å². The first-order valence-corrected chi connectivity index (χ1v) is 6.12. The molecule has 0 saturated heterocycles. The lowest BCUT2D eigenvalue weighted by Gasteiger charge is -2.18. The van der Waals surface area contributed by atoms with Crippen LogP contribution in [-0.2, 0) is 6.42 Å². The lowest BCUT2D eigenvalue weighted by atomic mass is 10.0. The molecule has 1 aromatic heterocycles. The van der Waals surface area contributed by atoms with Crippen LogP contribution < -0.4 is 10.1 Å². The second-order valence-corrected chi connectivity index (χ2v) is 4.20. The SMILES string of the molecule is CNC(Cc1c(F)cccc1F)c1nccnc1OC. The third-order valence-corrected chi connectivity index (χ3v) is 3.03. The Hall–Kier alpha value is -2.08. The summed E-state index contributed by atoms with van der Waals surface area (Å²) < 4.78 is 32.5. The van der Waals surface area contributed by atoms with Crippen LogP contribution >= 0.6 is 0 Å². The highest BCUT2D eigenvalue weighted by molar-refractivity contribution is 5.26. The van der Waals surface area contributed by atoms with E-state index in [2.05, 4.69) is 15.3 Å². The Morgan fingerprint density at radius 1 is 1.20 bits per heavy atom. The van der Waals surface area contributed by atoms with Crippen LogP contribution in [0.5, 0.6) is 5.88 Å². The number of benzene rings is 1. The minimum atomic E-state index is -0.576. The Morgan fingerprint density at radius 2 is 1.85 bits per heavy atom. The number of rotatable bonds is 5. The summed E-state index contributed by atoms with van der Waals surface area (Å²) in [4.78, 5) is 8.22. The summed E-state index contributed by atoms with van der Waals surface area (Å²) in [5.41, 5.74) is 0.528. The number of aromatic nitrogens is 2. The van der Waals surface area contributed by atoms with Crippen LogP contribution in [0.4, 0.5) is 8.78 Å². The summed E-state index contributed by atoms with van der Waals surface area (Å²) in [6, 6.07) is 3.41. The molecule has 0 spiro atoms. The van der Waals surface area contributed by atoms with Gasteiger partial charge in [0.05, 0.1) is 13.2 Å². The fourth-order valence-corrected chi connectivity index (χ4v) is 2.00. The molecular weight excluding hydrogens is 264 g/mol. The van der Waals surface area contributed by atoms with E-state index in [4.69, 9.17) is 4.74 Å². The monoisotopic (exact) mass is 279 g/mol. The third kappa shape index (κ3) is 2.91. The van der Waals surface area contributed by atoms with Crippen LogP contribution in [0.3, 0.4) is 0 Å². The highest BCUT2D eigenvalue weighted by Crippen LogP contribution is 2.25. The predicted molar refractivity (Wildman–Crippen MR) is 70.4 cm³/mol. The second kappa shape index (κ2) is 6.38. The molecule has 2 rings (SSSR count). The Bertz CT molecular complexity index is 572. The summed E-state index contributed by atoms with van der Waals surface area (Å²) in [6.45, 7) is 0. The van der Waals surface area contributed by atoms with Crippen molar-refractivity contribution in [3.63, 3.8) is 0 Å². The van der Waals surface area contributed by atoms with E-state index < -0.39 is 17.7 Å². The zero-order valence-electron chi connectivity index (χ0n) is 11.2. The van der Waals surface area contributed by atoms with E-state index in [9.17, 15) is 8.78 Å². The third-order valence-electron chi connectivity index (χ3n) is 3.03. The Labute approximate surface area is 115 Å². The number of likely N-dealkylation sites (N-methyl/N-ethyl adjacent to an activating group) is 1. The van der Waals surface area contributed by atoms with Gasteiger partial charge in [-0.3, -0.25) is 4.98 Å². The van der Waals surface area contributed by atoms with Gasteiger partial charge in [-0.25, -0.2) is 13.8 Å². The van der Waals surface area contributed by atoms with E-state index in [-0.39, 0.29) is 12.0 Å². The van der Waals surface area contributed by atoms with E-state index in [1.807, 2.05) is 0 Å². The van der Waals surface area contributed by atoms with E-state index in [1.54, 1.807) is 7.05 Å². The molecule has 1 atom stereocenters. The van der Waals surface area contributed by atoms with Crippen molar-refractivity contribution in [2.75, 3.05) is 14.2 Å². The van der Waals surface area contributed by atoms with Gasteiger partial charge in [0.25, 0.3) is 0 Å². The fourth-order valence-electron chi connectivity index (χ4n) is 2.00. The van der Waals surface area contributed by atoms with Crippen LogP contribution in [-0.4, -0.2) is 24.1 Å². The molecule has 20 heavy (non-hydrogen) atoms. The van der Waals surface area contributed by atoms with Crippen LogP contribution in [0.25, 0.3) is 0 Å². The first-order chi connectivity index (χ1) is 9.67. The Balaban J connectivity index is 2.34.